The molecular weight excluding hydrogens is 659 g/mol. The number of hydrogen-bond donors (Lipinski definition) is 1. The third-order valence-corrected chi connectivity index (χ3v) is 9.78. The quantitative estimate of drug-likeness (QED) is 0.180. The van der Waals surface area contributed by atoms with Crippen LogP contribution in [0.5, 0.6) is 5.75 Å². The molecule has 9 rings (SSSR count). The average Bonchev–Trinajstić information content (AvgIpc) is 3.66. The first kappa shape index (κ1) is 26.7. The summed E-state index contributed by atoms with van der Waals surface area (Å²) in [5.41, 5.74) is 11.8. The molecule has 0 aliphatic carbocycles. The third-order valence-electron chi connectivity index (χ3n) is 9.78. The molecule has 0 bridgehead atoms. The van der Waals surface area contributed by atoms with E-state index < -0.39 is 13.7 Å². The topological polar surface area (TPSA) is 50.9 Å². The van der Waals surface area contributed by atoms with E-state index in [4.69, 9.17) is 18.2 Å². The van der Waals surface area contributed by atoms with Gasteiger partial charge in [-0.25, -0.2) is 4.98 Å². The monoisotopic (exact) mass is 701 g/mol. The van der Waals surface area contributed by atoms with Gasteiger partial charge in [0.2, 0.25) is 0 Å². The first-order valence-corrected chi connectivity index (χ1v) is 17.7. The zero-order valence-corrected chi connectivity index (χ0v) is 29.1. The Labute approximate surface area is 323 Å². The van der Waals surface area contributed by atoms with Crippen molar-refractivity contribution in [2.24, 2.45) is 0 Å². The highest BCUT2D eigenvalue weighted by atomic mass is 16.3. The summed E-state index contributed by atoms with van der Waals surface area (Å²) < 4.78 is 50.1. The molecule has 9 aromatic rings. The van der Waals surface area contributed by atoms with E-state index >= 15 is 0 Å². The molecule has 2 aromatic heterocycles. The van der Waals surface area contributed by atoms with Crippen LogP contribution in [-0.4, -0.2) is 19.6 Å². The number of nitrogens with zero attached hydrogens (tertiary/aromatic N) is 3. The Hall–Kier alpha value is -7.04. The fraction of sp³-hybridized carbons (Fsp3) is 0.0400. The fourth-order valence-corrected chi connectivity index (χ4v) is 7.16. The van der Waals surface area contributed by atoms with Crippen LogP contribution in [0.15, 0.2) is 182 Å². The summed E-state index contributed by atoms with van der Waals surface area (Å²) in [7, 11) is 0. The van der Waals surface area contributed by atoms with E-state index in [0.717, 1.165) is 55.7 Å². The van der Waals surface area contributed by atoms with Gasteiger partial charge in [0.05, 0.1) is 28.0 Å². The molecule has 4 nitrogen and oxygen atoms in total. The second-order valence-corrected chi connectivity index (χ2v) is 13.2. The first-order valence-electron chi connectivity index (χ1n) is 20.7. The Balaban J connectivity index is 1.27. The van der Waals surface area contributed by atoms with Crippen molar-refractivity contribution in [1.82, 2.24) is 14.5 Å². The van der Waals surface area contributed by atoms with E-state index in [-0.39, 0.29) is 16.9 Å². The van der Waals surface area contributed by atoms with Crippen molar-refractivity contribution in [3.05, 3.63) is 193 Å². The van der Waals surface area contributed by atoms with E-state index in [1.54, 1.807) is 42.6 Å². The Morgan fingerprint density at radius 3 is 1.93 bits per heavy atom. The van der Waals surface area contributed by atoms with Gasteiger partial charge in [0.25, 0.3) is 0 Å². The fourth-order valence-electron chi connectivity index (χ4n) is 7.16. The standard InChI is InChI=1S/C50H37N3O/c1-33-20-23-36(24-21-33)38-26-27-51-45(32-38)41-30-39(35-12-5-3-6-13-35)29-40(31-41)42-17-11-18-47-49(42)52-50(43-16-9-10-19-48(43)54)53(47)46-25-22-34(2)28-44(46)37-14-7-4-8-15-37/h3-32,54H,1-2H3/i1D3,2D3. The predicted molar refractivity (Wildman–Crippen MR) is 223 cm³/mol. The minimum atomic E-state index is -2.33. The molecule has 0 fully saturated rings. The molecule has 0 amide bonds. The Morgan fingerprint density at radius 2 is 1.15 bits per heavy atom. The Kier molecular flexibility index (Phi) is 6.84. The number of phenolic OH excluding ortho intramolecular Hbond substituents is 1. The molecule has 0 saturated carbocycles. The second kappa shape index (κ2) is 13.8. The van der Waals surface area contributed by atoms with E-state index in [1.807, 2.05) is 114 Å². The van der Waals surface area contributed by atoms with Gasteiger partial charge in [-0.05, 0) is 108 Å². The SMILES string of the molecule is [2H]C([2H])([2H])c1ccc(-c2ccnc(-c3cc(-c4ccccc4)cc(-c4cccc5c4nc(-c4ccccc4O)n5-c4ccc(C([2H])([2H])[2H])cc4-c4ccccc4)c3)c2)cc1. The number of aryl methyl sites for hydroxylation is 2. The van der Waals surface area contributed by atoms with Crippen LogP contribution in [0, 0.1) is 13.7 Å². The lowest BCUT2D eigenvalue weighted by Gasteiger charge is -2.16. The summed E-state index contributed by atoms with van der Waals surface area (Å²) in [4.78, 5) is 10.1. The maximum absolute atomic E-state index is 11.3. The minimum absolute atomic E-state index is 0.0587. The van der Waals surface area contributed by atoms with Gasteiger partial charge in [0.15, 0.2) is 0 Å². The zero-order chi connectivity index (χ0) is 41.6. The molecule has 4 heteroatoms. The van der Waals surface area contributed by atoms with Crippen molar-refractivity contribution in [3.8, 4) is 78.6 Å². The van der Waals surface area contributed by atoms with Crippen LogP contribution in [0.1, 0.15) is 19.4 Å². The maximum Gasteiger partial charge on any atom is 0.149 e. The van der Waals surface area contributed by atoms with Crippen LogP contribution < -0.4 is 0 Å². The Morgan fingerprint density at radius 1 is 0.481 bits per heavy atom. The van der Waals surface area contributed by atoms with Crippen molar-refractivity contribution in [1.29, 1.82) is 0 Å². The van der Waals surface area contributed by atoms with Crippen molar-refractivity contribution in [3.63, 3.8) is 0 Å². The average molecular weight is 702 g/mol. The summed E-state index contributed by atoms with van der Waals surface area (Å²) in [6.07, 6.45) is 1.76. The van der Waals surface area contributed by atoms with Gasteiger partial charge < -0.3 is 5.11 Å². The number of aromatic nitrogens is 3. The molecule has 0 spiro atoms. The summed E-state index contributed by atoms with van der Waals surface area (Å²) in [6, 6.07) is 55.3. The molecule has 1 N–H and O–H groups in total. The molecule has 7 aromatic carbocycles. The van der Waals surface area contributed by atoms with Crippen molar-refractivity contribution in [2.75, 3.05) is 0 Å². The smallest absolute Gasteiger partial charge is 0.149 e. The van der Waals surface area contributed by atoms with Crippen molar-refractivity contribution >= 4 is 11.0 Å². The number of rotatable bonds is 7. The van der Waals surface area contributed by atoms with Crippen LogP contribution in [0.2, 0.25) is 0 Å². The van der Waals surface area contributed by atoms with Crippen LogP contribution in [0.4, 0.5) is 0 Å². The predicted octanol–water partition coefficient (Wildman–Crippen LogP) is 12.7. The number of fused-ring (bicyclic) bond motifs is 1. The van der Waals surface area contributed by atoms with Crippen molar-refractivity contribution in [2.45, 2.75) is 13.7 Å². The number of pyridine rings is 1. The highest BCUT2D eigenvalue weighted by Crippen LogP contribution is 2.41. The lowest BCUT2D eigenvalue weighted by atomic mass is 9.93. The molecule has 0 aliphatic rings. The maximum atomic E-state index is 11.3. The summed E-state index contributed by atoms with van der Waals surface area (Å²) in [6.45, 7) is -4.52. The third kappa shape index (κ3) is 6.14. The highest BCUT2D eigenvalue weighted by Gasteiger charge is 2.22. The van der Waals surface area contributed by atoms with E-state index in [9.17, 15) is 5.11 Å². The van der Waals surface area contributed by atoms with Crippen molar-refractivity contribution < 1.29 is 13.3 Å². The lowest BCUT2D eigenvalue weighted by Crippen LogP contribution is -2.01. The molecule has 0 atom stereocenters. The first-order chi connectivity index (χ1) is 28.9. The number of aromatic hydroxyl groups is 1. The lowest BCUT2D eigenvalue weighted by molar-refractivity contribution is 0.477. The Bertz CT molecular complexity index is 3010. The molecule has 0 radical (unpaired) electrons. The van der Waals surface area contributed by atoms with Crippen LogP contribution in [0.3, 0.4) is 0 Å². The number of benzene rings is 7. The summed E-state index contributed by atoms with van der Waals surface area (Å²) in [5.74, 6) is 0.552. The van der Waals surface area contributed by atoms with Gasteiger partial charge >= 0.3 is 0 Å². The number of hydrogen-bond acceptors (Lipinski definition) is 3. The highest BCUT2D eigenvalue weighted by molar-refractivity contribution is 5.98. The number of phenols is 1. The molecule has 0 saturated heterocycles. The van der Waals surface area contributed by atoms with Gasteiger partial charge in [-0.2, -0.15) is 0 Å². The molecule has 258 valence electrons. The van der Waals surface area contributed by atoms with Gasteiger partial charge in [0.1, 0.15) is 11.6 Å². The minimum Gasteiger partial charge on any atom is -0.507 e. The summed E-state index contributed by atoms with van der Waals surface area (Å²) in [5, 5.41) is 11.3. The van der Waals surface area contributed by atoms with Gasteiger partial charge in [-0.3, -0.25) is 9.55 Å². The zero-order valence-electron chi connectivity index (χ0n) is 35.1. The van der Waals surface area contributed by atoms with Crippen LogP contribution >= 0.6 is 0 Å². The van der Waals surface area contributed by atoms with E-state index in [0.29, 0.717) is 28.2 Å². The normalized spacial score (nSPS) is 13.3. The molecule has 54 heavy (non-hydrogen) atoms. The number of para-hydroxylation sites is 2. The molecule has 0 aliphatic heterocycles. The van der Waals surface area contributed by atoms with Crippen LogP contribution in [0.25, 0.3) is 83.9 Å². The van der Waals surface area contributed by atoms with E-state index in [2.05, 4.69) is 30.3 Å². The van der Waals surface area contributed by atoms with E-state index in [1.165, 1.54) is 0 Å². The van der Waals surface area contributed by atoms with Gasteiger partial charge in [-0.1, -0.05) is 126 Å². The second-order valence-electron chi connectivity index (χ2n) is 13.2. The largest absolute Gasteiger partial charge is 0.507 e. The molecular formula is C50H37N3O. The number of imidazole rings is 1. The molecule has 2 heterocycles. The van der Waals surface area contributed by atoms with Crippen LogP contribution in [-0.2, 0) is 0 Å². The van der Waals surface area contributed by atoms with Gasteiger partial charge in [-0.15, -0.1) is 0 Å². The van der Waals surface area contributed by atoms with Gasteiger partial charge in [0, 0.05) is 31.1 Å². The molecule has 0 unspecified atom stereocenters. The summed E-state index contributed by atoms with van der Waals surface area (Å²) >= 11 is 0.